The van der Waals surface area contributed by atoms with E-state index < -0.39 is 0 Å². The molecule has 0 fully saturated rings. The zero-order valence-electron chi connectivity index (χ0n) is 17.9. The first-order valence-corrected chi connectivity index (χ1v) is 10.0. The van der Waals surface area contributed by atoms with Crippen molar-refractivity contribution in [1.29, 1.82) is 0 Å². The Bertz CT molecular complexity index is 858. The van der Waals surface area contributed by atoms with Gasteiger partial charge in [-0.3, -0.25) is 0 Å². The summed E-state index contributed by atoms with van der Waals surface area (Å²) in [4.78, 5) is 2.27. The molecule has 0 saturated carbocycles. The number of allylic oxidation sites excluding steroid dienone is 8. The Morgan fingerprint density at radius 2 is 1.71 bits per heavy atom. The summed E-state index contributed by atoms with van der Waals surface area (Å²) in [6.07, 6.45) is 12.5. The molecular formula is C26H34N2. The van der Waals surface area contributed by atoms with E-state index in [0.717, 1.165) is 48.2 Å². The molecule has 1 aliphatic carbocycles. The van der Waals surface area contributed by atoms with Gasteiger partial charge in [-0.1, -0.05) is 49.1 Å². The topological polar surface area (TPSA) is 29.3 Å². The lowest BCUT2D eigenvalue weighted by molar-refractivity contribution is 0.720. The fourth-order valence-corrected chi connectivity index (χ4v) is 3.41. The number of hydrogen-bond donors (Lipinski definition) is 1. The predicted octanol–water partition coefficient (Wildman–Crippen LogP) is 7.08. The van der Waals surface area contributed by atoms with E-state index in [4.69, 9.17) is 5.73 Å². The highest BCUT2D eigenvalue weighted by Crippen LogP contribution is 2.31. The Balaban J connectivity index is 2.53. The first-order valence-electron chi connectivity index (χ1n) is 10.0. The van der Waals surface area contributed by atoms with Crippen molar-refractivity contribution < 1.29 is 0 Å². The van der Waals surface area contributed by atoms with Crippen LogP contribution < -0.4 is 10.6 Å². The number of nitrogens with zero attached hydrogens (tertiary/aromatic N) is 1. The summed E-state index contributed by atoms with van der Waals surface area (Å²) >= 11 is 0. The van der Waals surface area contributed by atoms with Crippen molar-refractivity contribution in [2.24, 2.45) is 5.73 Å². The smallest absolute Gasteiger partial charge is 0.0483 e. The molecule has 2 nitrogen and oxygen atoms in total. The van der Waals surface area contributed by atoms with Crippen LogP contribution in [0.25, 0.3) is 0 Å². The van der Waals surface area contributed by atoms with Crippen LogP contribution in [-0.2, 0) is 0 Å². The lowest BCUT2D eigenvalue weighted by Gasteiger charge is -2.29. The molecule has 2 rings (SSSR count). The molecule has 28 heavy (non-hydrogen) atoms. The van der Waals surface area contributed by atoms with Crippen molar-refractivity contribution in [3.05, 3.63) is 101 Å². The minimum Gasteiger partial charge on any atom is -0.398 e. The number of nitrogens with two attached hydrogens (primary N) is 1. The van der Waals surface area contributed by atoms with E-state index >= 15 is 0 Å². The van der Waals surface area contributed by atoms with Crippen LogP contribution in [0.3, 0.4) is 0 Å². The van der Waals surface area contributed by atoms with Crippen molar-refractivity contribution in [1.82, 2.24) is 0 Å². The second-order valence-corrected chi connectivity index (χ2v) is 7.77. The SMILES string of the molecule is C=C1CCCC\C(N(C(=C)C)c2ccccc2C)=C/C=C1/C(N)=C/C=C(C)C. The molecule has 2 heteroatoms. The molecule has 0 amide bonds. The van der Waals surface area contributed by atoms with Crippen LogP contribution in [0.1, 0.15) is 52.0 Å². The first-order chi connectivity index (χ1) is 13.3. The van der Waals surface area contributed by atoms with E-state index in [0.29, 0.717) is 0 Å². The van der Waals surface area contributed by atoms with E-state index in [2.05, 4.69) is 82.2 Å². The molecule has 1 aliphatic rings. The van der Waals surface area contributed by atoms with Gasteiger partial charge in [-0.15, -0.1) is 0 Å². The molecular weight excluding hydrogens is 340 g/mol. The van der Waals surface area contributed by atoms with Gasteiger partial charge in [0.15, 0.2) is 0 Å². The predicted molar refractivity (Wildman–Crippen MR) is 124 cm³/mol. The second kappa shape index (κ2) is 9.98. The standard InChI is InChI=1S/C26H34N2/c1-19(2)15-18-25(27)24-17-16-23(13-9-7-11-21(24)5)28(20(3)4)26-14-10-8-12-22(26)6/h8,10,12,14-18H,3,5,7,9,11,13,27H2,1-2,4,6H3/b23-16+,24-17+,25-18-. The molecule has 0 saturated heterocycles. The Labute approximate surface area is 171 Å². The quantitative estimate of drug-likeness (QED) is 0.558. The molecule has 0 spiro atoms. The van der Waals surface area contributed by atoms with Gasteiger partial charge in [-0.2, -0.15) is 0 Å². The highest BCUT2D eigenvalue weighted by atomic mass is 15.2. The Hall–Kier alpha value is -2.74. The number of anilines is 1. The van der Waals surface area contributed by atoms with E-state index in [9.17, 15) is 0 Å². The molecule has 1 aromatic rings. The van der Waals surface area contributed by atoms with Gasteiger partial charge in [0.2, 0.25) is 0 Å². The van der Waals surface area contributed by atoms with Crippen LogP contribution in [0, 0.1) is 6.92 Å². The zero-order valence-corrected chi connectivity index (χ0v) is 17.9. The van der Waals surface area contributed by atoms with Crippen molar-refractivity contribution in [3.8, 4) is 0 Å². The Morgan fingerprint density at radius 3 is 2.36 bits per heavy atom. The van der Waals surface area contributed by atoms with Crippen LogP contribution in [-0.4, -0.2) is 0 Å². The molecule has 0 aliphatic heterocycles. The minimum atomic E-state index is 0.765. The van der Waals surface area contributed by atoms with Crippen LogP contribution in [0.5, 0.6) is 0 Å². The third-order valence-electron chi connectivity index (χ3n) is 4.92. The van der Waals surface area contributed by atoms with Crippen molar-refractivity contribution in [2.45, 2.75) is 53.4 Å². The Kier molecular flexibility index (Phi) is 7.69. The van der Waals surface area contributed by atoms with E-state index in [1.54, 1.807) is 0 Å². The molecule has 0 heterocycles. The number of aryl methyl sites for hydroxylation is 1. The lowest BCUT2D eigenvalue weighted by atomic mass is 9.99. The van der Waals surface area contributed by atoms with Gasteiger partial charge in [-0.25, -0.2) is 0 Å². The lowest BCUT2D eigenvalue weighted by Crippen LogP contribution is -2.20. The first kappa shape index (κ1) is 21.6. The summed E-state index contributed by atoms with van der Waals surface area (Å²) in [5.74, 6) is 0. The monoisotopic (exact) mass is 374 g/mol. The summed E-state index contributed by atoms with van der Waals surface area (Å²) < 4.78 is 0. The summed E-state index contributed by atoms with van der Waals surface area (Å²) in [5.41, 5.74) is 15.2. The summed E-state index contributed by atoms with van der Waals surface area (Å²) in [6.45, 7) is 16.9. The number of benzene rings is 1. The molecule has 2 N–H and O–H groups in total. The minimum absolute atomic E-state index is 0.765. The van der Waals surface area contributed by atoms with Gasteiger partial charge in [0, 0.05) is 28.4 Å². The highest BCUT2D eigenvalue weighted by Gasteiger charge is 2.16. The molecule has 1 aromatic carbocycles. The fourth-order valence-electron chi connectivity index (χ4n) is 3.41. The summed E-state index contributed by atoms with van der Waals surface area (Å²) in [6, 6.07) is 8.45. The normalized spacial score (nSPS) is 19.3. The summed E-state index contributed by atoms with van der Waals surface area (Å²) in [7, 11) is 0. The van der Waals surface area contributed by atoms with Crippen LogP contribution in [0.4, 0.5) is 5.69 Å². The zero-order chi connectivity index (χ0) is 20.7. The van der Waals surface area contributed by atoms with Crippen molar-refractivity contribution >= 4 is 5.69 Å². The fraction of sp³-hybridized carbons (Fsp3) is 0.308. The van der Waals surface area contributed by atoms with Crippen LogP contribution in [0.2, 0.25) is 0 Å². The number of rotatable bonds is 5. The number of hydrogen-bond acceptors (Lipinski definition) is 2. The molecule has 0 atom stereocenters. The second-order valence-electron chi connectivity index (χ2n) is 7.77. The summed E-state index contributed by atoms with van der Waals surface area (Å²) in [5, 5.41) is 0. The Morgan fingerprint density at radius 1 is 1.04 bits per heavy atom. The number of para-hydroxylation sites is 1. The van der Waals surface area contributed by atoms with Gasteiger partial charge >= 0.3 is 0 Å². The van der Waals surface area contributed by atoms with Crippen molar-refractivity contribution in [2.75, 3.05) is 4.90 Å². The third-order valence-corrected chi connectivity index (χ3v) is 4.92. The average Bonchev–Trinajstić information content (AvgIpc) is 2.72. The van der Waals surface area contributed by atoms with E-state index in [1.807, 2.05) is 12.2 Å². The van der Waals surface area contributed by atoms with E-state index in [-0.39, 0.29) is 0 Å². The van der Waals surface area contributed by atoms with Gasteiger partial charge in [0.05, 0.1) is 0 Å². The van der Waals surface area contributed by atoms with Crippen LogP contribution >= 0.6 is 0 Å². The van der Waals surface area contributed by atoms with Gasteiger partial charge < -0.3 is 10.6 Å². The maximum absolute atomic E-state index is 6.40. The van der Waals surface area contributed by atoms with Gasteiger partial charge in [-0.05, 0) is 82.7 Å². The van der Waals surface area contributed by atoms with Crippen molar-refractivity contribution in [3.63, 3.8) is 0 Å². The van der Waals surface area contributed by atoms with Gasteiger partial charge in [0.1, 0.15) is 0 Å². The maximum atomic E-state index is 6.40. The maximum Gasteiger partial charge on any atom is 0.0483 e. The molecule has 0 unspecified atom stereocenters. The molecule has 0 radical (unpaired) electrons. The van der Waals surface area contributed by atoms with Gasteiger partial charge in [0.25, 0.3) is 0 Å². The molecule has 148 valence electrons. The average molecular weight is 375 g/mol. The highest BCUT2D eigenvalue weighted by molar-refractivity contribution is 5.62. The van der Waals surface area contributed by atoms with Crippen LogP contribution in [0.15, 0.2) is 95.5 Å². The molecule has 0 aromatic heterocycles. The largest absolute Gasteiger partial charge is 0.398 e. The van der Waals surface area contributed by atoms with E-state index in [1.165, 1.54) is 22.5 Å². The molecule has 0 bridgehead atoms. The third kappa shape index (κ3) is 5.63.